The second kappa shape index (κ2) is 9.12. The summed E-state index contributed by atoms with van der Waals surface area (Å²) >= 11 is 0. The van der Waals surface area contributed by atoms with E-state index in [0.717, 1.165) is 16.9 Å². The molecular formula is C21H24N2O5. The van der Waals surface area contributed by atoms with Crippen LogP contribution in [0.2, 0.25) is 0 Å². The van der Waals surface area contributed by atoms with Gasteiger partial charge in [0.1, 0.15) is 5.75 Å². The number of ether oxygens (including phenoxy) is 3. The van der Waals surface area contributed by atoms with Crippen molar-refractivity contribution in [1.82, 2.24) is 10.2 Å². The Bertz CT molecular complexity index is 852. The van der Waals surface area contributed by atoms with E-state index in [-0.39, 0.29) is 25.2 Å². The first-order chi connectivity index (χ1) is 13.6. The molecule has 0 aromatic heterocycles. The summed E-state index contributed by atoms with van der Waals surface area (Å²) in [7, 11) is 1.62. The molecule has 0 aliphatic carbocycles. The molecule has 0 saturated heterocycles. The van der Waals surface area contributed by atoms with Gasteiger partial charge in [0.15, 0.2) is 11.5 Å². The molecule has 148 valence electrons. The molecule has 1 aliphatic heterocycles. The highest BCUT2D eigenvalue weighted by Crippen LogP contribution is 2.32. The first-order valence-electron chi connectivity index (χ1n) is 9.09. The van der Waals surface area contributed by atoms with Crippen LogP contribution in [0.1, 0.15) is 18.1 Å². The number of nitrogens with zero attached hydrogens (tertiary/aromatic N) is 1. The molecule has 2 aromatic rings. The quantitative estimate of drug-likeness (QED) is 0.755. The van der Waals surface area contributed by atoms with Gasteiger partial charge in [-0.15, -0.1) is 0 Å². The van der Waals surface area contributed by atoms with Crippen molar-refractivity contribution in [2.24, 2.45) is 0 Å². The van der Waals surface area contributed by atoms with Crippen molar-refractivity contribution >= 4 is 11.8 Å². The van der Waals surface area contributed by atoms with Crippen LogP contribution in [0.5, 0.6) is 17.2 Å². The lowest BCUT2D eigenvalue weighted by Crippen LogP contribution is -2.39. The maximum atomic E-state index is 12.3. The summed E-state index contributed by atoms with van der Waals surface area (Å²) in [5, 5.41) is 2.86. The predicted octanol–water partition coefficient (Wildman–Crippen LogP) is 2.13. The van der Waals surface area contributed by atoms with E-state index in [4.69, 9.17) is 14.2 Å². The average molecular weight is 384 g/mol. The topological polar surface area (TPSA) is 77.1 Å². The third-order valence-corrected chi connectivity index (χ3v) is 4.50. The minimum atomic E-state index is -0.203. The molecule has 1 heterocycles. The highest BCUT2D eigenvalue weighted by molar-refractivity contribution is 5.83. The maximum Gasteiger partial charge on any atom is 0.239 e. The van der Waals surface area contributed by atoms with E-state index in [9.17, 15) is 9.59 Å². The Balaban J connectivity index is 1.52. The standard InChI is InChI=1S/C21H24N2O5/c1-15(24)23(12-16-7-8-19-20(11-16)28-14-27-19)13-21(25)22-10-9-17-5-3-4-6-18(17)26-2/h3-8,11H,9-10,12-14H2,1-2H3,(H,22,25). The van der Waals surface area contributed by atoms with Gasteiger partial charge in [0.2, 0.25) is 18.6 Å². The number of rotatable bonds is 8. The minimum absolute atomic E-state index is 0.00427. The Morgan fingerprint density at radius 1 is 1.14 bits per heavy atom. The van der Waals surface area contributed by atoms with Crippen LogP contribution in [-0.2, 0) is 22.6 Å². The van der Waals surface area contributed by atoms with Crippen LogP contribution in [0, 0.1) is 0 Å². The van der Waals surface area contributed by atoms with Crippen molar-refractivity contribution < 1.29 is 23.8 Å². The Morgan fingerprint density at radius 2 is 1.93 bits per heavy atom. The van der Waals surface area contributed by atoms with E-state index < -0.39 is 0 Å². The van der Waals surface area contributed by atoms with Gasteiger partial charge in [-0.25, -0.2) is 0 Å². The van der Waals surface area contributed by atoms with Crippen molar-refractivity contribution in [2.75, 3.05) is 27.0 Å². The lowest BCUT2D eigenvalue weighted by Gasteiger charge is -2.21. The molecule has 2 amide bonds. The summed E-state index contributed by atoms with van der Waals surface area (Å²) in [6.45, 7) is 2.44. The van der Waals surface area contributed by atoms with Gasteiger partial charge in [0.25, 0.3) is 0 Å². The van der Waals surface area contributed by atoms with E-state index in [2.05, 4.69) is 5.32 Å². The SMILES string of the molecule is COc1ccccc1CCNC(=O)CN(Cc1ccc2c(c1)OCO2)C(C)=O. The van der Waals surface area contributed by atoms with Gasteiger partial charge in [-0.05, 0) is 35.7 Å². The summed E-state index contributed by atoms with van der Waals surface area (Å²) < 4.78 is 16.0. The fraction of sp³-hybridized carbons (Fsp3) is 0.333. The third-order valence-electron chi connectivity index (χ3n) is 4.50. The number of carbonyl (C=O) groups is 2. The van der Waals surface area contributed by atoms with E-state index >= 15 is 0 Å². The molecule has 3 rings (SSSR count). The molecular weight excluding hydrogens is 360 g/mol. The first kappa shape index (κ1) is 19.5. The van der Waals surface area contributed by atoms with Crippen molar-refractivity contribution in [2.45, 2.75) is 19.9 Å². The minimum Gasteiger partial charge on any atom is -0.496 e. The van der Waals surface area contributed by atoms with E-state index in [1.807, 2.05) is 42.5 Å². The van der Waals surface area contributed by atoms with Crippen LogP contribution in [0.25, 0.3) is 0 Å². The largest absolute Gasteiger partial charge is 0.496 e. The summed E-state index contributed by atoms with van der Waals surface area (Å²) in [6, 6.07) is 13.2. The van der Waals surface area contributed by atoms with Crippen LogP contribution in [0.15, 0.2) is 42.5 Å². The van der Waals surface area contributed by atoms with Gasteiger partial charge in [-0.2, -0.15) is 0 Å². The van der Waals surface area contributed by atoms with Crippen molar-refractivity contribution in [1.29, 1.82) is 0 Å². The third kappa shape index (κ3) is 4.94. The molecule has 7 nitrogen and oxygen atoms in total. The van der Waals surface area contributed by atoms with Gasteiger partial charge in [0.05, 0.1) is 13.7 Å². The zero-order valence-electron chi connectivity index (χ0n) is 16.1. The number of amides is 2. The number of benzene rings is 2. The monoisotopic (exact) mass is 384 g/mol. The molecule has 0 fully saturated rings. The number of fused-ring (bicyclic) bond motifs is 1. The van der Waals surface area contributed by atoms with Crippen molar-refractivity contribution in [3.8, 4) is 17.2 Å². The zero-order chi connectivity index (χ0) is 19.9. The molecule has 2 aromatic carbocycles. The number of carbonyl (C=O) groups excluding carboxylic acids is 2. The molecule has 0 bridgehead atoms. The van der Waals surface area contributed by atoms with Crippen LogP contribution < -0.4 is 19.5 Å². The molecule has 0 atom stereocenters. The molecule has 1 N–H and O–H groups in total. The molecule has 0 spiro atoms. The lowest BCUT2D eigenvalue weighted by atomic mass is 10.1. The van der Waals surface area contributed by atoms with Gasteiger partial charge >= 0.3 is 0 Å². The molecule has 28 heavy (non-hydrogen) atoms. The van der Waals surface area contributed by atoms with Gasteiger partial charge in [0, 0.05) is 20.0 Å². The number of hydrogen-bond donors (Lipinski definition) is 1. The number of para-hydroxylation sites is 1. The molecule has 7 heteroatoms. The Hall–Kier alpha value is -3.22. The fourth-order valence-electron chi connectivity index (χ4n) is 3.01. The summed E-state index contributed by atoms with van der Waals surface area (Å²) in [5.41, 5.74) is 1.90. The Labute approximate surface area is 164 Å². The summed E-state index contributed by atoms with van der Waals surface area (Å²) in [5.74, 6) is 1.77. The number of nitrogens with one attached hydrogen (secondary N) is 1. The van der Waals surface area contributed by atoms with Gasteiger partial charge in [-0.1, -0.05) is 24.3 Å². The first-order valence-corrected chi connectivity index (χ1v) is 9.09. The fourth-order valence-corrected chi connectivity index (χ4v) is 3.01. The number of hydrogen-bond acceptors (Lipinski definition) is 5. The van der Waals surface area contributed by atoms with Crippen LogP contribution in [-0.4, -0.2) is 43.7 Å². The number of methoxy groups -OCH3 is 1. The molecule has 0 unspecified atom stereocenters. The second-order valence-electron chi connectivity index (χ2n) is 6.47. The van der Waals surface area contributed by atoms with Crippen molar-refractivity contribution in [3.05, 3.63) is 53.6 Å². The van der Waals surface area contributed by atoms with E-state index in [1.165, 1.54) is 11.8 Å². The predicted molar refractivity (Wildman–Crippen MR) is 103 cm³/mol. The average Bonchev–Trinajstić information content (AvgIpc) is 3.15. The maximum absolute atomic E-state index is 12.3. The van der Waals surface area contributed by atoms with Gasteiger partial charge in [-0.3, -0.25) is 9.59 Å². The van der Waals surface area contributed by atoms with Crippen LogP contribution in [0.4, 0.5) is 0 Å². The van der Waals surface area contributed by atoms with Crippen molar-refractivity contribution in [3.63, 3.8) is 0 Å². The summed E-state index contributed by atoms with van der Waals surface area (Å²) in [4.78, 5) is 25.8. The normalized spacial score (nSPS) is 11.8. The lowest BCUT2D eigenvalue weighted by molar-refractivity contribution is -0.134. The van der Waals surface area contributed by atoms with Gasteiger partial charge < -0.3 is 24.4 Å². The molecule has 0 radical (unpaired) electrons. The zero-order valence-corrected chi connectivity index (χ0v) is 16.1. The molecule has 0 saturated carbocycles. The van der Waals surface area contributed by atoms with E-state index in [1.54, 1.807) is 7.11 Å². The second-order valence-corrected chi connectivity index (χ2v) is 6.47. The van der Waals surface area contributed by atoms with Crippen LogP contribution in [0.3, 0.4) is 0 Å². The van der Waals surface area contributed by atoms with Crippen LogP contribution >= 0.6 is 0 Å². The van der Waals surface area contributed by atoms with E-state index in [0.29, 0.717) is 31.0 Å². The highest BCUT2D eigenvalue weighted by atomic mass is 16.7. The smallest absolute Gasteiger partial charge is 0.239 e. The highest BCUT2D eigenvalue weighted by Gasteiger charge is 2.17. The Morgan fingerprint density at radius 3 is 2.71 bits per heavy atom. The molecule has 1 aliphatic rings. The summed E-state index contributed by atoms with van der Waals surface area (Å²) in [6.07, 6.45) is 0.651. The Kier molecular flexibility index (Phi) is 6.37.